The quantitative estimate of drug-likeness (QED) is 0.286. The van der Waals surface area contributed by atoms with Gasteiger partial charge in [0.25, 0.3) is 0 Å². The van der Waals surface area contributed by atoms with Crippen LogP contribution >= 0.6 is 0 Å². The summed E-state index contributed by atoms with van der Waals surface area (Å²) in [5, 5.41) is 14.9. The third kappa shape index (κ3) is 7.72. The number of carbonyl (C=O) groups excluding carboxylic acids is 2. The molecule has 0 aliphatic heterocycles. The molecule has 7 N–H and O–H groups in total. The Labute approximate surface area is 177 Å². The Bertz CT molecular complexity index is 629. The average Bonchev–Trinajstić information content (AvgIpc) is 2.68. The molecule has 0 aromatic carbocycles. The summed E-state index contributed by atoms with van der Waals surface area (Å²) < 4.78 is 4.78. The van der Waals surface area contributed by atoms with E-state index in [-0.39, 0.29) is 42.4 Å². The number of carboxylic acid groups (broad SMARTS) is 1. The summed E-state index contributed by atoms with van der Waals surface area (Å²) in [6.07, 6.45) is 6.19. The number of carboxylic acids is 1. The third-order valence-corrected chi connectivity index (χ3v) is 5.98. The number of aliphatic imine (C=N–C) groups is 1. The van der Waals surface area contributed by atoms with Crippen LogP contribution in [-0.4, -0.2) is 53.8 Å². The van der Waals surface area contributed by atoms with Crippen LogP contribution in [0.5, 0.6) is 0 Å². The maximum atomic E-state index is 12.7. The Morgan fingerprint density at radius 2 is 1.83 bits per heavy atom. The molecule has 2 aliphatic carbocycles. The van der Waals surface area contributed by atoms with Crippen molar-refractivity contribution in [2.75, 3.05) is 6.61 Å². The minimum absolute atomic E-state index is 0.00934. The Kier molecular flexibility index (Phi) is 9.19. The van der Waals surface area contributed by atoms with E-state index in [1.807, 2.05) is 0 Å². The Morgan fingerprint density at radius 3 is 2.43 bits per heavy atom. The van der Waals surface area contributed by atoms with E-state index in [0.717, 1.165) is 44.9 Å². The van der Waals surface area contributed by atoms with Crippen molar-refractivity contribution in [2.24, 2.45) is 28.3 Å². The largest absolute Gasteiger partial charge is 0.480 e. The first-order valence-electron chi connectivity index (χ1n) is 10.8. The van der Waals surface area contributed by atoms with Gasteiger partial charge in [0, 0.05) is 12.0 Å². The molecule has 3 atom stereocenters. The number of amides is 2. The lowest BCUT2D eigenvalue weighted by molar-refractivity contribution is -0.139. The Morgan fingerprint density at radius 1 is 1.13 bits per heavy atom. The average molecular weight is 426 g/mol. The van der Waals surface area contributed by atoms with Crippen molar-refractivity contribution in [2.45, 2.75) is 82.8 Å². The zero-order valence-electron chi connectivity index (χ0n) is 17.6. The van der Waals surface area contributed by atoms with Crippen LogP contribution in [0.2, 0.25) is 0 Å². The van der Waals surface area contributed by atoms with Crippen molar-refractivity contribution >= 4 is 23.9 Å². The second-order valence-corrected chi connectivity index (χ2v) is 8.29. The van der Waals surface area contributed by atoms with Gasteiger partial charge in [-0.15, -0.1) is 0 Å². The van der Waals surface area contributed by atoms with Gasteiger partial charge in [0.15, 0.2) is 5.96 Å². The summed E-state index contributed by atoms with van der Waals surface area (Å²) in [4.78, 5) is 39.9. The number of carbonyl (C=O) groups is 3. The second-order valence-electron chi connectivity index (χ2n) is 8.29. The minimum atomic E-state index is -1.06. The van der Waals surface area contributed by atoms with Gasteiger partial charge in [0.05, 0.1) is 12.6 Å². The highest BCUT2D eigenvalue weighted by molar-refractivity contribution is 5.80. The van der Waals surface area contributed by atoms with Crippen LogP contribution in [0.25, 0.3) is 0 Å². The van der Waals surface area contributed by atoms with E-state index < -0.39 is 18.1 Å². The van der Waals surface area contributed by atoms with E-state index in [2.05, 4.69) is 15.6 Å². The van der Waals surface area contributed by atoms with Gasteiger partial charge in [-0.25, -0.2) is 9.59 Å². The molecule has 10 nitrogen and oxygen atoms in total. The summed E-state index contributed by atoms with van der Waals surface area (Å²) >= 11 is 0. The Balaban J connectivity index is 1.77. The summed E-state index contributed by atoms with van der Waals surface area (Å²) in [5.74, 6) is -0.833. The molecule has 3 unspecified atom stereocenters. The highest BCUT2D eigenvalue weighted by atomic mass is 16.5. The molecular weight excluding hydrogens is 390 g/mol. The van der Waals surface area contributed by atoms with Crippen LogP contribution in [0.4, 0.5) is 4.79 Å². The van der Waals surface area contributed by atoms with Gasteiger partial charge in [-0.1, -0.05) is 6.42 Å². The van der Waals surface area contributed by atoms with Gasteiger partial charge in [0.2, 0.25) is 5.91 Å². The molecule has 2 amide bonds. The molecule has 2 aliphatic rings. The smallest absolute Gasteiger partial charge is 0.407 e. The van der Waals surface area contributed by atoms with E-state index in [1.165, 1.54) is 0 Å². The number of nitrogens with one attached hydrogen (secondary N) is 2. The van der Waals surface area contributed by atoms with E-state index >= 15 is 0 Å². The number of hydrogen-bond acceptors (Lipinski definition) is 5. The lowest BCUT2D eigenvalue weighted by Crippen LogP contribution is -2.45. The van der Waals surface area contributed by atoms with E-state index in [4.69, 9.17) is 16.2 Å². The van der Waals surface area contributed by atoms with Crippen molar-refractivity contribution < 1.29 is 24.2 Å². The first kappa shape index (κ1) is 23.8. The highest BCUT2D eigenvalue weighted by Crippen LogP contribution is 2.30. The SMILES string of the molecule is CCOC(=O)NC(CC1CCC(NC(=O)C2CCCC(N=C(N)N)C2)CC1)C(=O)O. The minimum Gasteiger partial charge on any atom is -0.480 e. The maximum absolute atomic E-state index is 12.7. The van der Waals surface area contributed by atoms with Crippen molar-refractivity contribution in [3.63, 3.8) is 0 Å². The summed E-state index contributed by atoms with van der Waals surface area (Å²) in [7, 11) is 0. The van der Waals surface area contributed by atoms with Crippen molar-refractivity contribution in [1.29, 1.82) is 0 Å². The zero-order chi connectivity index (χ0) is 22.1. The summed E-state index contributed by atoms with van der Waals surface area (Å²) in [6, 6.07) is -0.858. The predicted octanol–water partition coefficient (Wildman–Crippen LogP) is 1.08. The fraction of sp³-hybridized carbons (Fsp3) is 0.800. The molecule has 0 aromatic rings. The third-order valence-electron chi connectivity index (χ3n) is 5.98. The van der Waals surface area contributed by atoms with Crippen LogP contribution in [-0.2, 0) is 14.3 Å². The van der Waals surface area contributed by atoms with Crippen molar-refractivity contribution in [3.8, 4) is 0 Å². The van der Waals surface area contributed by atoms with Gasteiger partial charge in [-0.2, -0.15) is 0 Å². The van der Waals surface area contributed by atoms with E-state index in [0.29, 0.717) is 12.8 Å². The number of hydrogen-bond donors (Lipinski definition) is 5. The van der Waals surface area contributed by atoms with Crippen LogP contribution in [0.15, 0.2) is 4.99 Å². The molecular formula is C20H35N5O5. The molecule has 0 spiro atoms. The van der Waals surface area contributed by atoms with Gasteiger partial charge in [0.1, 0.15) is 6.04 Å². The van der Waals surface area contributed by atoms with Crippen LogP contribution < -0.4 is 22.1 Å². The number of ether oxygens (including phenoxy) is 1. The molecule has 2 fully saturated rings. The molecule has 10 heteroatoms. The van der Waals surface area contributed by atoms with E-state index in [9.17, 15) is 19.5 Å². The molecule has 0 saturated heterocycles. The molecule has 170 valence electrons. The van der Waals surface area contributed by atoms with Crippen LogP contribution in [0.3, 0.4) is 0 Å². The second kappa shape index (κ2) is 11.6. The molecule has 0 aromatic heterocycles. The molecule has 2 saturated carbocycles. The fourth-order valence-electron chi connectivity index (χ4n) is 4.46. The first-order chi connectivity index (χ1) is 14.3. The lowest BCUT2D eigenvalue weighted by atomic mass is 9.81. The van der Waals surface area contributed by atoms with E-state index in [1.54, 1.807) is 6.92 Å². The first-order valence-corrected chi connectivity index (χ1v) is 10.8. The molecule has 0 bridgehead atoms. The zero-order valence-corrected chi connectivity index (χ0v) is 17.6. The number of guanidine groups is 1. The number of aliphatic carboxylic acids is 1. The normalized spacial score (nSPS) is 27.4. The molecule has 0 radical (unpaired) electrons. The Hall–Kier alpha value is -2.52. The van der Waals surface area contributed by atoms with Crippen LogP contribution in [0.1, 0.15) is 64.7 Å². The standard InChI is InChI=1S/C20H35N5O5/c1-2-30-20(29)25-16(18(27)28)10-12-6-8-14(9-7-12)23-17(26)13-4-3-5-15(11-13)24-19(21)22/h12-16H,2-11H2,1H3,(H,23,26)(H,25,29)(H,27,28)(H4,21,22,24). The van der Waals surface area contributed by atoms with Crippen molar-refractivity contribution in [1.82, 2.24) is 10.6 Å². The van der Waals surface area contributed by atoms with Crippen molar-refractivity contribution in [3.05, 3.63) is 0 Å². The number of rotatable bonds is 8. The fourth-order valence-corrected chi connectivity index (χ4v) is 4.46. The van der Waals surface area contributed by atoms with Gasteiger partial charge in [-0.05, 0) is 64.2 Å². The topological polar surface area (TPSA) is 169 Å². The van der Waals surface area contributed by atoms with Gasteiger partial charge >= 0.3 is 12.1 Å². The lowest BCUT2D eigenvalue weighted by Gasteiger charge is -2.32. The van der Waals surface area contributed by atoms with Gasteiger partial charge < -0.3 is 31.9 Å². The summed E-state index contributed by atoms with van der Waals surface area (Å²) in [5.41, 5.74) is 10.9. The monoisotopic (exact) mass is 425 g/mol. The molecule has 0 heterocycles. The number of nitrogens with zero attached hydrogens (tertiary/aromatic N) is 1. The maximum Gasteiger partial charge on any atom is 0.407 e. The molecule has 30 heavy (non-hydrogen) atoms. The predicted molar refractivity (Wildman–Crippen MR) is 112 cm³/mol. The number of alkyl carbamates (subject to hydrolysis) is 1. The molecule has 2 rings (SSSR count). The number of nitrogens with two attached hydrogens (primary N) is 2. The van der Waals surface area contributed by atoms with Crippen LogP contribution in [0, 0.1) is 11.8 Å². The van der Waals surface area contributed by atoms with Gasteiger partial charge in [-0.3, -0.25) is 9.79 Å². The summed E-state index contributed by atoms with van der Waals surface area (Å²) in [6.45, 7) is 1.86. The highest BCUT2D eigenvalue weighted by Gasteiger charge is 2.31.